The van der Waals surface area contributed by atoms with E-state index in [-0.39, 0.29) is 5.78 Å². The molecule has 2 heterocycles. The van der Waals surface area contributed by atoms with E-state index in [0.29, 0.717) is 6.61 Å². The van der Waals surface area contributed by atoms with E-state index in [2.05, 4.69) is 23.6 Å². The molecule has 3 rings (SSSR count). The van der Waals surface area contributed by atoms with E-state index in [4.69, 9.17) is 4.74 Å². The van der Waals surface area contributed by atoms with Gasteiger partial charge in [-0.25, -0.2) is 0 Å². The quantitative estimate of drug-likeness (QED) is 0.730. The Balaban J connectivity index is 1.71. The molecule has 2 nitrogen and oxygen atoms in total. The van der Waals surface area contributed by atoms with Gasteiger partial charge in [-0.05, 0) is 49.4 Å². The third kappa shape index (κ3) is 3.22. The number of hydrogen-bond donors (Lipinski definition) is 0. The molecule has 1 aliphatic rings. The van der Waals surface area contributed by atoms with Gasteiger partial charge in [0.25, 0.3) is 0 Å². The topological polar surface area (TPSA) is 26.3 Å². The molecule has 0 aliphatic carbocycles. The first-order valence-electron chi connectivity index (χ1n) is 7.00. The predicted octanol–water partition coefficient (Wildman–Crippen LogP) is 4.95. The number of Topliss-reactive ketones (excluding diaryl/α,β-unsaturated/α-hetero) is 1. The number of benzene rings is 1. The summed E-state index contributed by atoms with van der Waals surface area (Å²) in [4.78, 5) is 15.6. The van der Waals surface area contributed by atoms with E-state index in [1.54, 1.807) is 23.1 Å². The van der Waals surface area contributed by atoms with Gasteiger partial charge >= 0.3 is 0 Å². The highest BCUT2D eigenvalue weighted by Crippen LogP contribution is 2.41. The smallest absolute Gasteiger partial charge is 0.200 e. The molecule has 1 aliphatic heterocycles. The second kappa shape index (κ2) is 6.50. The van der Waals surface area contributed by atoms with Crippen molar-refractivity contribution in [2.45, 2.75) is 24.7 Å². The molecule has 0 N–H and O–H groups in total. The molecule has 0 saturated carbocycles. The molecular weight excluding hydrogens is 300 g/mol. The van der Waals surface area contributed by atoms with Crippen molar-refractivity contribution in [1.82, 2.24) is 0 Å². The van der Waals surface area contributed by atoms with Gasteiger partial charge in [-0.2, -0.15) is 0 Å². The van der Waals surface area contributed by atoms with Gasteiger partial charge < -0.3 is 4.74 Å². The number of ketones is 1. The van der Waals surface area contributed by atoms with Crippen molar-refractivity contribution in [3.8, 4) is 5.75 Å². The molecule has 21 heavy (non-hydrogen) atoms. The molecule has 1 aromatic heterocycles. The molecule has 4 heteroatoms. The fourth-order valence-corrected chi connectivity index (χ4v) is 4.03. The minimum atomic E-state index is 0.128. The Morgan fingerprint density at radius 2 is 2.19 bits per heavy atom. The molecule has 2 aromatic rings. The highest BCUT2D eigenvalue weighted by Gasteiger charge is 2.26. The number of carbonyl (C=O) groups excluding carboxylic acids is 1. The summed E-state index contributed by atoms with van der Waals surface area (Å²) < 4.78 is 5.47. The third-order valence-electron chi connectivity index (χ3n) is 3.25. The summed E-state index contributed by atoms with van der Waals surface area (Å²) in [6, 6.07) is 9.96. The lowest BCUT2D eigenvalue weighted by Gasteiger charge is -2.03. The zero-order valence-corrected chi connectivity index (χ0v) is 13.4. The van der Waals surface area contributed by atoms with E-state index < -0.39 is 0 Å². The van der Waals surface area contributed by atoms with Gasteiger partial charge in [0.1, 0.15) is 5.75 Å². The van der Waals surface area contributed by atoms with Crippen molar-refractivity contribution >= 4 is 28.9 Å². The van der Waals surface area contributed by atoms with Crippen LogP contribution >= 0.6 is 23.1 Å². The van der Waals surface area contributed by atoms with Crippen LogP contribution in [0.1, 0.15) is 28.6 Å². The minimum Gasteiger partial charge on any atom is -0.494 e. The maximum atomic E-state index is 12.4. The van der Waals surface area contributed by atoms with Gasteiger partial charge in [-0.15, -0.1) is 11.3 Å². The molecule has 108 valence electrons. The molecule has 0 amide bonds. The van der Waals surface area contributed by atoms with Crippen molar-refractivity contribution in [3.05, 3.63) is 57.1 Å². The maximum Gasteiger partial charge on any atom is 0.200 e. The minimum absolute atomic E-state index is 0.128. The third-order valence-corrected chi connectivity index (χ3v) is 5.33. The van der Waals surface area contributed by atoms with Crippen LogP contribution in [0.4, 0.5) is 0 Å². The predicted molar refractivity (Wildman–Crippen MR) is 88.5 cm³/mol. The van der Waals surface area contributed by atoms with Crippen LogP contribution in [0.2, 0.25) is 0 Å². The number of aryl methyl sites for hydroxylation is 1. The fraction of sp³-hybridized carbons (Fsp3) is 0.235. The lowest BCUT2D eigenvalue weighted by molar-refractivity contribution is 0.104. The van der Waals surface area contributed by atoms with Crippen LogP contribution < -0.4 is 4.74 Å². The monoisotopic (exact) mass is 316 g/mol. The molecule has 0 saturated heterocycles. The van der Waals surface area contributed by atoms with Gasteiger partial charge in [0, 0.05) is 15.3 Å². The van der Waals surface area contributed by atoms with Gasteiger partial charge in [0.15, 0.2) is 0 Å². The van der Waals surface area contributed by atoms with E-state index in [1.165, 1.54) is 4.88 Å². The number of thiophene rings is 1. The highest BCUT2D eigenvalue weighted by atomic mass is 32.2. The highest BCUT2D eigenvalue weighted by molar-refractivity contribution is 8.04. The van der Waals surface area contributed by atoms with Crippen LogP contribution in [0.5, 0.6) is 5.75 Å². The zero-order valence-electron chi connectivity index (χ0n) is 11.8. The van der Waals surface area contributed by atoms with Crippen molar-refractivity contribution in [2.75, 3.05) is 6.61 Å². The SMILES string of the molecule is CCOc1ccc2c(c1)C(=O)/C(=C/CCc1cccs1)S2. The number of ether oxygens (including phenoxy) is 1. The Labute approximate surface area is 132 Å². The van der Waals surface area contributed by atoms with Crippen LogP contribution in [0.3, 0.4) is 0 Å². The molecule has 0 fully saturated rings. The van der Waals surface area contributed by atoms with Crippen LogP contribution in [0.15, 0.2) is 51.6 Å². The van der Waals surface area contributed by atoms with Crippen molar-refractivity contribution in [1.29, 1.82) is 0 Å². The van der Waals surface area contributed by atoms with Crippen molar-refractivity contribution in [3.63, 3.8) is 0 Å². The van der Waals surface area contributed by atoms with E-state index in [0.717, 1.165) is 34.0 Å². The van der Waals surface area contributed by atoms with E-state index >= 15 is 0 Å². The number of allylic oxidation sites excluding steroid dienone is 2. The summed E-state index contributed by atoms with van der Waals surface area (Å²) in [5.41, 5.74) is 0.772. The number of rotatable bonds is 5. The first kappa shape index (κ1) is 14.4. The second-order valence-corrected chi connectivity index (χ2v) is 6.82. The molecule has 1 aromatic carbocycles. The standard InChI is InChI=1S/C17H16O2S2/c1-2-19-12-8-9-15-14(11-12)17(18)16(21-15)7-3-5-13-6-4-10-20-13/h4,6-11H,2-3,5H2,1H3/b16-7-. The lowest BCUT2D eigenvalue weighted by Crippen LogP contribution is -1.97. The Bertz CT molecular complexity index is 672. The molecule has 0 radical (unpaired) electrons. The van der Waals surface area contributed by atoms with Crippen LogP contribution in [-0.2, 0) is 6.42 Å². The maximum absolute atomic E-state index is 12.4. The summed E-state index contributed by atoms with van der Waals surface area (Å²) in [7, 11) is 0. The van der Waals surface area contributed by atoms with Crippen LogP contribution in [0.25, 0.3) is 0 Å². The summed E-state index contributed by atoms with van der Waals surface area (Å²) in [5.74, 6) is 0.896. The first-order valence-corrected chi connectivity index (χ1v) is 8.69. The van der Waals surface area contributed by atoms with Gasteiger partial charge in [-0.3, -0.25) is 4.79 Å². The Morgan fingerprint density at radius 1 is 1.29 bits per heavy atom. The van der Waals surface area contributed by atoms with Gasteiger partial charge in [0.2, 0.25) is 5.78 Å². The van der Waals surface area contributed by atoms with E-state index in [1.807, 2.05) is 25.1 Å². The van der Waals surface area contributed by atoms with Gasteiger partial charge in [-0.1, -0.05) is 23.9 Å². The summed E-state index contributed by atoms with van der Waals surface area (Å²) >= 11 is 3.33. The Morgan fingerprint density at radius 3 is 2.95 bits per heavy atom. The lowest BCUT2D eigenvalue weighted by atomic mass is 10.1. The number of thioether (sulfide) groups is 1. The Hall–Kier alpha value is -1.52. The van der Waals surface area contributed by atoms with Gasteiger partial charge in [0.05, 0.1) is 11.5 Å². The number of hydrogen-bond acceptors (Lipinski definition) is 4. The summed E-state index contributed by atoms with van der Waals surface area (Å²) in [6.07, 6.45) is 3.96. The fourth-order valence-electron chi connectivity index (χ4n) is 2.26. The van der Waals surface area contributed by atoms with Crippen LogP contribution in [0, 0.1) is 0 Å². The summed E-state index contributed by atoms with van der Waals surface area (Å²) in [5, 5.41) is 2.09. The molecule has 0 atom stereocenters. The average molecular weight is 316 g/mol. The second-order valence-electron chi connectivity index (χ2n) is 4.71. The number of carbonyl (C=O) groups is 1. The zero-order chi connectivity index (χ0) is 14.7. The van der Waals surface area contributed by atoms with Crippen molar-refractivity contribution < 1.29 is 9.53 Å². The van der Waals surface area contributed by atoms with Crippen molar-refractivity contribution in [2.24, 2.45) is 0 Å². The number of fused-ring (bicyclic) bond motifs is 1. The molecule has 0 unspecified atom stereocenters. The molecule has 0 bridgehead atoms. The Kier molecular flexibility index (Phi) is 4.46. The first-order chi connectivity index (χ1) is 10.3. The largest absolute Gasteiger partial charge is 0.494 e. The molecule has 0 spiro atoms. The summed E-state index contributed by atoms with van der Waals surface area (Å²) in [6.45, 7) is 2.56. The van der Waals surface area contributed by atoms with E-state index in [9.17, 15) is 4.79 Å². The normalized spacial score (nSPS) is 15.5. The van der Waals surface area contributed by atoms with Crippen LogP contribution in [-0.4, -0.2) is 12.4 Å². The average Bonchev–Trinajstić information content (AvgIpc) is 3.10. The molecular formula is C17H16O2S2.